The topological polar surface area (TPSA) is 105 Å². The van der Waals surface area contributed by atoms with E-state index in [0.29, 0.717) is 28.1 Å². The number of amides is 2. The van der Waals surface area contributed by atoms with Gasteiger partial charge >= 0.3 is 0 Å². The van der Waals surface area contributed by atoms with Crippen LogP contribution in [0.25, 0.3) is 5.52 Å². The van der Waals surface area contributed by atoms with Gasteiger partial charge < -0.3 is 5.32 Å². The number of aryl methyl sites for hydroxylation is 2. The molecule has 0 fully saturated rings. The second-order valence-corrected chi connectivity index (χ2v) is 6.59. The molecule has 9 heteroatoms. The zero-order chi connectivity index (χ0) is 18.8. The number of carbonyl (C=O) groups excluding carboxylic acids is 3. The monoisotopic (exact) mass is 463 g/mol. The Morgan fingerprint density at radius 1 is 1.27 bits per heavy atom. The van der Waals surface area contributed by atoms with Crippen LogP contribution in [0.4, 0.5) is 16.3 Å². The molecule has 3 rings (SSSR count). The molecule has 0 saturated heterocycles. The number of hydrogen-bond acceptors (Lipinski definition) is 6. The van der Waals surface area contributed by atoms with Gasteiger partial charge in [-0.05, 0) is 37.1 Å². The average molecular weight is 463 g/mol. The molecule has 2 heterocycles. The predicted molar refractivity (Wildman–Crippen MR) is 104 cm³/mol. The SMILES string of the molecule is Cc1ccc(C(=O)NC(=O)I)cc1Nc1ncnn2cc(C=O)c(C)c12. The third-order valence-electron chi connectivity index (χ3n) is 3.96. The highest BCUT2D eigenvalue weighted by molar-refractivity contribution is 14.1. The highest BCUT2D eigenvalue weighted by Crippen LogP contribution is 2.26. The number of hydrogen-bond donors (Lipinski definition) is 2. The minimum Gasteiger partial charge on any atom is -0.338 e. The van der Waals surface area contributed by atoms with Gasteiger partial charge in [0.1, 0.15) is 11.8 Å². The quantitative estimate of drug-likeness (QED) is 0.267. The molecule has 0 atom stereocenters. The molecule has 2 amide bonds. The van der Waals surface area contributed by atoms with Crippen LogP contribution in [0.1, 0.15) is 31.8 Å². The zero-order valence-corrected chi connectivity index (χ0v) is 16.1. The van der Waals surface area contributed by atoms with E-state index in [-0.39, 0.29) is 0 Å². The minimum absolute atomic E-state index is 0.342. The molecular weight excluding hydrogens is 449 g/mol. The number of aromatic nitrogens is 3. The van der Waals surface area contributed by atoms with Crippen LogP contribution in [0, 0.1) is 13.8 Å². The van der Waals surface area contributed by atoms with Crippen LogP contribution in [0.15, 0.2) is 30.7 Å². The Balaban J connectivity index is 2.03. The molecule has 8 nitrogen and oxygen atoms in total. The maximum atomic E-state index is 12.0. The molecule has 0 unspecified atom stereocenters. The number of benzene rings is 1. The molecule has 26 heavy (non-hydrogen) atoms. The summed E-state index contributed by atoms with van der Waals surface area (Å²) in [6.07, 6.45) is 3.78. The van der Waals surface area contributed by atoms with Gasteiger partial charge in [0.15, 0.2) is 12.1 Å². The highest BCUT2D eigenvalue weighted by atomic mass is 127. The number of anilines is 2. The molecule has 0 bridgehead atoms. The van der Waals surface area contributed by atoms with E-state index in [1.807, 2.05) is 13.8 Å². The molecule has 0 aliphatic rings. The van der Waals surface area contributed by atoms with Crippen molar-refractivity contribution in [1.29, 1.82) is 0 Å². The average Bonchev–Trinajstić information content (AvgIpc) is 2.93. The van der Waals surface area contributed by atoms with Crippen molar-refractivity contribution in [1.82, 2.24) is 19.9 Å². The second kappa shape index (κ2) is 7.20. The summed E-state index contributed by atoms with van der Waals surface area (Å²) in [5, 5.41) is 9.54. The van der Waals surface area contributed by atoms with Crippen molar-refractivity contribution in [3.63, 3.8) is 0 Å². The fraction of sp³-hybridized carbons (Fsp3) is 0.118. The lowest BCUT2D eigenvalue weighted by molar-refractivity contribution is 0.0970. The first-order valence-electron chi connectivity index (χ1n) is 7.57. The van der Waals surface area contributed by atoms with Crippen molar-refractivity contribution in [2.24, 2.45) is 0 Å². The van der Waals surface area contributed by atoms with Gasteiger partial charge in [-0.25, -0.2) is 9.50 Å². The minimum atomic E-state index is -0.484. The van der Waals surface area contributed by atoms with Crippen LogP contribution in [0.3, 0.4) is 0 Å². The number of fused-ring (bicyclic) bond motifs is 1. The number of imide groups is 1. The number of halogens is 1. The van der Waals surface area contributed by atoms with E-state index in [9.17, 15) is 14.4 Å². The van der Waals surface area contributed by atoms with Gasteiger partial charge in [0.05, 0.1) is 0 Å². The first kappa shape index (κ1) is 18.0. The third-order valence-corrected chi connectivity index (χ3v) is 4.23. The first-order chi connectivity index (χ1) is 12.4. The van der Waals surface area contributed by atoms with E-state index >= 15 is 0 Å². The van der Waals surface area contributed by atoms with Crippen molar-refractivity contribution < 1.29 is 14.4 Å². The molecule has 0 aliphatic carbocycles. The predicted octanol–water partition coefficient (Wildman–Crippen LogP) is 3.19. The van der Waals surface area contributed by atoms with E-state index in [1.165, 1.54) is 28.9 Å². The van der Waals surface area contributed by atoms with Gasteiger partial charge in [0, 0.05) is 45.6 Å². The number of nitrogens with zero attached hydrogens (tertiary/aromatic N) is 3. The standard InChI is InChI=1S/C17H14IN5O3/c1-9-3-4-11(16(25)22-17(18)26)5-13(9)21-15-14-10(2)12(7-24)6-23(14)20-8-19-15/h3-8H,1-2H3,(H,19,20,21)(H,22,25,26). The third kappa shape index (κ3) is 3.43. The van der Waals surface area contributed by atoms with Gasteiger partial charge in [0.25, 0.3) is 9.82 Å². The molecule has 1 aromatic carbocycles. The highest BCUT2D eigenvalue weighted by Gasteiger charge is 2.15. The molecule has 0 aliphatic heterocycles. The molecule has 3 aromatic rings. The van der Waals surface area contributed by atoms with E-state index < -0.39 is 9.82 Å². The summed E-state index contributed by atoms with van der Waals surface area (Å²) in [4.78, 5) is 38.6. The lowest BCUT2D eigenvalue weighted by Gasteiger charge is -2.12. The van der Waals surface area contributed by atoms with Crippen molar-refractivity contribution in [2.75, 3.05) is 5.32 Å². The fourth-order valence-corrected chi connectivity index (χ4v) is 2.82. The largest absolute Gasteiger partial charge is 0.338 e. The van der Waals surface area contributed by atoms with Crippen LogP contribution in [-0.4, -0.2) is 30.7 Å². The van der Waals surface area contributed by atoms with Crippen molar-refractivity contribution >= 4 is 55.7 Å². The first-order valence-corrected chi connectivity index (χ1v) is 8.65. The Morgan fingerprint density at radius 3 is 2.73 bits per heavy atom. The van der Waals surface area contributed by atoms with Gasteiger partial charge in [-0.3, -0.25) is 19.7 Å². The Morgan fingerprint density at radius 2 is 2.04 bits per heavy atom. The summed E-state index contributed by atoms with van der Waals surface area (Å²) in [5.74, 6) is 0.0265. The fourth-order valence-electron chi connectivity index (χ4n) is 2.58. The summed E-state index contributed by atoms with van der Waals surface area (Å²) in [7, 11) is 0. The summed E-state index contributed by atoms with van der Waals surface area (Å²) in [6.45, 7) is 3.70. The molecule has 2 aromatic heterocycles. The van der Waals surface area contributed by atoms with Crippen LogP contribution in [0.2, 0.25) is 0 Å². The van der Waals surface area contributed by atoms with Crippen LogP contribution < -0.4 is 10.6 Å². The van der Waals surface area contributed by atoms with Gasteiger partial charge in [-0.15, -0.1) is 0 Å². The smallest absolute Gasteiger partial charge is 0.287 e. The van der Waals surface area contributed by atoms with Crippen LogP contribution in [0.5, 0.6) is 0 Å². The summed E-state index contributed by atoms with van der Waals surface area (Å²) >= 11 is 1.50. The van der Waals surface area contributed by atoms with E-state index in [0.717, 1.165) is 17.4 Å². The van der Waals surface area contributed by atoms with Crippen LogP contribution in [-0.2, 0) is 0 Å². The van der Waals surface area contributed by atoms with Gasteiger partial charge in [-0.2, -0.15) is 5.10 Å². The summed E-state index contributed by atoms with van der Waals surface area (Å²) < 4.78 is 1.13. The van der Waals surface area contributed by atoms with E-state index in [4.69, 9.17) is 0 Å². The maximum Gasteiger partial charge on any atom is 0.287 e. The zero-order valence-electron chi connectivity index (χ0n) is 13.9. The second-order valence-electron chi connectivity index (χ2n) is 5.61. The summed E-state index contributed by atoms with van der Waals surface area (Å²) in [5.41, 5.74) is 3.84. The van der Waals surface area contributed by atoms with E-state index in [1.54, 1.807) is 28.9 Å². The number of nitrogens with one attached hydrogen (secondary N) is 2. The van der Waals surface area contributed by atoms with Crippen LogP contribution >= 0.6 is 22.6 Å². The molecule has 132 valence electrons. The van der Waals surface area contributed by atoms with Crippen molar-refractivity contribution in [3.05, 3.63) is 53.0 Å². The number of rotatable bonds is 4. The molecule has 2 N–H and O–H groups in total. The molecule has 0 saturated carbocycles. The normalized spacial score (nSPS) is 10.6. The number of carbonyl (C=O) groups is 3. The molecule has 0 spiro atoms. The van der Waals surface area contributed by atoms with Crippen molar-refractivity contribution in [3.8, 4) is 0 Å². The van der Waals surface area contributed by atoms with Crippen molar-refractivity contribution in [2.45, 2.75) is 13.8 Å². The van der Waals surface area contributed by atoms with Gasteiger partial charge in [0.2, 0.25) is 0 Å². The Bertz CT molecular complexity index is 1040. The molecular formula is C17H14IN5O3. The summed E-state index contributed by atoms with van der Waals surface area (Å²) in [6, 6.07) is 5.05. The maximum absolute atomic E-state index is 12.0. The number of aldehydes is 1. The Labute approximate surface area is 162 Å². The Hall–Kier alpha value is -2.82. The lowest BCUT2D eigenvalue weighted by Crippen LogP contribution is -2.25. The van der Waals surface area contributed by atoms with Gasteiger partial charge in [-0.1, -0.05) is 6.07 Å². The van der Waals surface area contributed by atoms with E-state index in [2.05, 4.69) is 20.7 Å². The Kier molecular flexibility index (Phi) is 4.98. The molecule has 0 radical (unpaired) electrons. The lowest BCUT2D eigenvalue weighted by atomic mass is 10.1.